The van der Waals surface area contributed by atoms with Crippen molar-refractivity contribution in [1.29, 1.82) is 0 Å². The van der Waals surface area contributed by atoms with E-state index in [2.05, 4.69) is 15.4 Å². The van der Waals surface area contributed by atoms with Crippen LogP contribution >= 0.6 is 0 Å². The number of aromatic nitrogens is 3. The van der Waals surface area contributed by atoms with Gasteiger partial charge in [-0.3, -0.25) is 9.48 Å². The zero-order valence-corrected chi connectivity index (χ0v) is 10.6. The summed E-state index contributed by atoms with van der Waals surface area (Å²) in [5, 5.41) is 15.2. The molecule has 1 amide bonds. The number of nitrogens with one attached hydrogen (secondary N) is 1. The lowest BCUT2D eigenvalue weighted by atomic mass is 10.3. The molecule has 7 heteroatoms. The minimum atomic E-state index is -1.06. The molecule has 0 aromatic carbocycles. The van der Waals surface area contributed by atoms with E-state index in [9.17, 15) is 9.59 Å². The summed E-state index contributed by atoms with van der Waals surface area (Å²) in [7, 11) is 1.77. The Balaban J connectivity index is 1.99. The molecular formula is C13H12N4O3. The highest BCUT2D eigenvalue weighted by atomic mass is 16.4. The number of carboxylic acid groups (broad SMARTS) is 1. The summed E-state index contributed by atoms with van der Waals surface area (Å²) in [4.78, 5) is 26.1. The first-order chi connectivity index (χ1) is 9.56. The van der Waals surface area contributed by atoms with Crippen LogP contribution in [-0.2, 0) is 11.8 Å². The van der Waals surface area contributed by atoms with Gasteiger partial charge in [-0.05, 0) is 24.3 Å². The Hall–Kier alpha value is -2.96. The molecule has 0 spiro atoms. The number of aromatic carboxylic acids is 1. The van der Waals surface area contributed by atoms with Gasteiger partial charge in [-0.15, -0.1) is 0 Å². The van der Waals surface area contributed by atoms with Crippen LogP contribution in [0.15, 0.2) is 36.7 Å². The molecule has 0 atom stereocenters. The van der Waals surface area contributed by atoms with E-state index in [4.69, 9.17) is 5.11 Å². The van der Waals surface area contributed by atoms with Gasteiger partial charge in [0, 0.05) is 25.5 Å². The van der Waals surface area contributed by atoms with Gasteiger partial charge < -0.3 is 10.4 Å². The number of hydrogen-bond donors (Lipinski definition) is 2. The maximum atomic E-state index is 11.7. The summed E-state index contributed by atoms with van der Waals surface area (Å²) in [5.74, 6) is -1.14. The van der Waals surface area contributed by atoms with E-state index in [0.717, 1.165) is 5.69 Å². The van der Waals surface area contributed by atoms with Crippen molar-refractivity contribution in [2.75, 3.05) is 5.32 Å². The van der Waals surface area contributed by atoms with Crippen LogP contribution in [0.2, 0.25) is 0 Å². The Morgan fingerprint density at radius 2 is 2.15 bits per heavy atom. The standard InChI is InChI=1S/C13H12N4O3/c1-17-10(6-7-15-17)3-5-12(18)16-11-4-2-9(8-14-11)13(19)20/h2-8H,1H3,(H,19,20)(H,14,16,18)/b5-3+. The third-order valence-corrected chi connectivity index (χ3v) is 2.53. The molecule has 0 radical (unpaired) electrons. The summed E-state index contributed by atoms with van der Waals surface area (Å²) in [6, 6.07) is 4.57. The number of rotatable bonds is 4. The molecule has 0 saturated carbocycles. The normalized spacial score (nSPS) is 10.7. The fraction of sp³-hybridized carbons (Fsp3) is 0.0769. The van der Waals surface area contributed by atoms with Crippen molar-refractivity contribution in [2.24, 2.45) is 7.05 Å². The van der Waals surface area contributed by atoms with E-state index < -0.39 is 5.97 Å². The summed E-state index contributed by atoms with van der Waals surface area (Å²) >= 11 is 0. The molecule has 0 aliphatic heterocycles. The zero-order chi connectivity index (χ0) is 14.5. The van der Waals surface area contributed by atoms with E-state index >= 15 is 0 Å². The second-order valence-electron chi connectivity index (χ2n) is 3.94. The van der Waals surface area contributed by atoms with Crippen molar-refractivity contribution in [1.82, 2.24) is 14.8 Å². The molecule has 0 saturated heterocycles. The van der Waals surface area contributed by atoms with E-state index in [0.29, 0.717) is 0 Å². The molecule has 0 bridgehead atoms. The first-order valence-electron chi connectivity index (χ1n) is 5.72. The summed E-state index contributed by atoms with van der Waals surface area (Å²) in [6.07, 6.45) is 5.78. The van der Waals surface area contributed by atoms with Crippen LogP contribution in [-0.4, -0.2) is 31.7 Å². The average Bonchev–Trinajstić information content (AvgIpc) is 2.82. The lowest BCUT2D eigenvalue weighted by Gasteiger charge is -2.01. The summed E-state index contributed by atoms with van der Waals surface area (Å²) in [6.45, 7) is 0. The molecular weight excluding hydrogens is 260 g/mol. The Morgan fingerprint density at radius 3 is 2.70 bits per heavy atom. The minimum absolute atomic E-state index is 0.0634. The van der Waals surface area contributed by atoms with Gasteiger partial charge in [0.1, 0.15) is 5.82 Å². The maximum absolute atomic E-state index is 11.7. The highest BCUT2D eigenvalue weighted by Gasteiger charge is 2.04. The molecule has 0 fully saturated rings. The predicted octanol–water partition coefficient (Wildman–Crippen LogP) is 1.17. The van der Waals surface area contributed by atoms with Crippen molar-refractivity contribution in [3.63, 3.8) is 0 Å². The second-order valence-corrected chi connectivity index (χ2v) is 3.94. The number of anilines is 1. The molecule has 0 aliphatic rings. The number of pyridine rings is 1. The molecule has 102 valence electrons. The number of carboxylic acids is 1. The zero-order valence-electron chi connectivity index (χ0n) is 10.6. The van der Waals surface area contributed by atoms with E-state index in [1.165, 1.54) is 24.4 Å². The Bertz CT molecular complexity index is 659. The highest BCUT2D eigenvalue weighted by Crippen LogP contribution is 2.06. The molecule has 2 aromatic rings. The quantitative estimate of drug-likeness (QED) is 0.814. The van der Waals surface area contributed by atoms with Crippen molar-refractivity contribution < 1.29 is 14.7 Å². The van der Waals surface area contributed by atoms with Crippen LogP contribution in [0.1, 0.15) is 16.1 Å². The van der Waals surface area contributed by atoms with Crippen molar-refractivity contribution >= 4 is 23.8 Å². The Kier molecular flexibility index (Phi) is 3.90. The van der Waals surface area contributed by atoms with E-state index in [1.54, 1.807) is 30.1 Å². The molecule has 2 heterocycles. The molecule has 2 rings (SSSR count). The lowest BCUT2D eigenvalue weighted by Crippen LogP contribution is -2.10. The number of hydrogen-bond acceptors (Lipinski definition) is 4. The van der Waals surface area contributed by atoms with Crippen LogP contribution < -0.4 is 5.32 Å². The van der Waals surface area contributed by atoms with Gasteiger partial charge in [-0.25, -0.2) is 9.78 Å². The monoisotopic (exact) mass is 272 g/mol. The first kappa shape index (κ1) is 13.5. The fourth-order valence-corrected chi connectivity index (χ4v) is 1.47. The third kappa shape index (κ3) is 3.29. The predicted molar refractivity (Wildman–Crippen MR) is 72.1 cm³/mol. The first-order valence-corrected chi connectivity index (χ1v) is 5.72. The SMILES string of the molecule is Cn1nccc1/C=C/C(=O)Nc1ccc(C(=O)O)cn1. The second kappa shape index (κ2) is 5.79. The van der Waals surface area contributed by atoms with Crippen LogP contribution in [0.3, 0.4) is 0 Å². The van der Waals surface area contributed by atoms with Crippen molar-refractivity contribution in [3.05, 3.63) is 47.9 Å². The number of nitrogens with zero attached hydrogens (tertiary/aromatic N) is 3. The van der Waals surface area contributed by atoms with Crippen molar-refractivity contribution in [2.45, 2.75) is 0 Å². The highest BCUT2D eigenvalue weighted by molar-refractivity contribution is 6.01. The third-order valence-electron chi connectivity index (χ3n) is 2.53. The largest absolute Gasteiger partial charge is 0.478 e. The fourth-order valence-electron chi connectivity index (χ4n) is 1.47. The van der Waals surface area contributed by atoms with Crippen LogP contribution in [0.4, 0.5) is 5.82 Å². The number of carbonyl (C=O) groups is 2. The molecule has 0 unspecified atom stereocenters. The van der Waals surface area contributed by atoms with Gasteiger partial charge in [0.15, 0.2) is 0 Å². The lowest BCUT2D eigenvalue weighted by molar-refractivity contribution is -0.111. The van der Waals surface area contributed by atoms with Crippen LogP contribution in [0.5, 0.6) is 0 Å². The van der Waals surface area contributed by atoms with Crippen molar-refractivity contribution in [3.8, 4) is 0 Å². The maximum Gasteiger partial charge on any atom is 0.337 e. The van der Waals surface area contributed by atoms with Gasteiger partial charge in [0.2, 0.25) is 5.91 Å². The number of amides is 1. The van der Waals surface area contributed by atoms with Gasteiger partial charge >= 0.3 is 5.97 Å². The molecule has 2 N–H and O–H groups in total. The topological polar surface area (TPSA) is 97.1 Å². The molecule has 2 aromatic heterocycles. The van der Waals surface area contributed by atoms with Gasteiger partial charge in [-0.1, -0.05) is 0 Å². The number of aryl methyl sites for hydroxylation is 1. The molecule has 0 aliphatic carbocycles. The average molecular weight is 272 g/mol. The smallest absolute Gasteiger partial charge is 0.337 e. The summed E-state index contributed by atoms with van der Waals surface area (Å²) < 4.78 is 1.63. The van der Waals surface area contributed by atoms with E-state index in [-0.39, 0.29) is 17.3 Å². The minimum Gasteiger partial charge on any atom is -0.478 e. The van der Waals surface area contributed by atoms with Crippen LogP contribution in [0.25, 0.3) is 6.08 Å². The van der Waals surface area contributed by atoms with Gasteiger partial charge in [-0.2, -0.15) is 5.10 Å². The molecule has 7 nitrogen and oxygen atoms in total. The van der Waals surface area contributed by atoms with Gasteiger partial charge in [0.05, 0.1) is 11.3 Å². The van der Waals surface area contributed by atoms with Crippen LogP contribution in [0, 0.1) is 0 Å². The number of carbonyl (C=O) groups excluding carboxylic acids is 1. The van der Waals surface area contributed by atoms with E-state index in [1.807, 2.05) is 0 Å². The molecule has 20 heavy (non-hydrogen) atoms. The Morgan fingerprint density at radius 1 is 1.35 bits per heavy atom. The Labute approximate surface area is 114 Å². The van der Waals surface area contributed by atoms with Gasteiger partial charge in [0.25, 0.3) is 0 Å². The summed E-state index contributed by atoms with van der Waals surface area (Å²) in [5.41, 5.74) is 0.850.